The average Bonchev–Trinajstić information content (AvgIpc) is 2.16. The third-order valence-corrected chi connectivity index (χ3v) is 1.75. The van der Waals surface area contributed by atoms with Crippen molar-refractivity contribution in [2.45, 2.75) is 6.43 Å². The third-order valence-electron chi connectivity index (χ3n) is 1.55. The van der Waals surface area contributed by atoms with E-state index >= 15 is 0 Å². The van der Waals surface area contributed by atoms with Gasteiger partial charge in [-0.1, -0.05) is 0 Å². The van der Waals surface area contributed by atoms with Gasteiger partial charge in [0.2, 0.25) is 0 Å². The summed E-state index contributed by atoms with van der Waals surface area (Å²) in [6.45, 7) is 0. The molecular weight excluding hydrogens is 216 g/mol. The zero-order chi connectivity index (χ0) is 10.7. The molecule has 0 spiro atoms. The van der Waals surface area contributed by atoms with Crippen molar-refractivity contribution in [2.75, 3.05) is 7.11 Å². The van der Waals surface area contributed by atoms with E-state index in [1.807, 2.05) is 0 Å². The lowest BCUT2D eigenvalue weighted by atomic mass is 10.2. The van der Waals surface area contributed by atoms with Crippen LogP contribution >= 0.6 is 11.6 Å². The van der Waals surface area contributed by atoms with Gasteiger partial charge in [0.05, 0.1) is 18.9 Å². The molecule has 6 heteroatoms. The maximum Gasteiger partial charge on any atom is 0.270 e. The number of methoxy groups -OCH3 is 1. The first-order valence-electron chi connectivity index (χ1n) is 3.58. The number of carbonyl (C=O) groups is 1. The molecule has 1 aromatic rings. The summed E-state index contributed by atoms with van der Waals surface area (Å²) < 4.78 is 29.4. The normalized spacial score (nSPS) is 10.4. The zero-order valence-corrected chi connectivity index (χ0v) is 7.89. The first kappa shape index (κ1) is 10.8. The molecule has 0 fully saturated rings. The van der Waals surface area contributed by atoms with E-state index in [0.29, 0.717) is 0 Å². The Bertz CT molecular complexity index is 357. The lowest BCUT2D eigenvalue weighted by Crippen LogP contribution is -1.99. The summed E-state index contributed by atoms with van der Waals surface area (Å²) in [5.74, 6) is -0.0679. The number of pyridine rings is 1. The fourth-order valence-electron chi connectivity index (χ4n) is 0.907. The molecule has 0 bridgehead atoms. The summed E-state index contributed by atoms with van der Waals surface area (Å²) in [5, 5.41) is -0.880. The zero-order valence-electron chi connectivity index (χ0n) is 7.13. The average molecular weight is 222 g/mol. The van der Waals surface area contributed by atoms with Crippen LogP contribution in [0.5, 0.6) is 5.75 Å². The maximum atomic E-state index is 12.4. The van der Waals surface area contributed by atoms with Crippen LogP contribution in [-0.4, -0.2) is 17.3 Å². The minimum atomic E-state index is -2.73. The molecule has 14 heavy (non-hydrogen) atoms. The van der Waals surface area contributed by atoms with Crippen LogP contribution in [0, 0.1) is 0 Å². The molecule has 1 rings (SSSR count). The second-order valence-corrected chi connectivity index (χ2v) is 2.73. The van der Waals surface area contributed by atoms with Gasteiger partial charge in [0.1, 0.15) is 11.4 Å². The second-order valence-electron chi connectivity index (χ2n) is 2.39. The summed E-state index contributed by atoms with van der Waals surface area (Å²) in [4.78, 5) is 14.2. The van der Waals surface area contributed by atoms with Crippen molar-refractivity contribution < 1.29 is 18.3 Å². The first-order valence-corrected chi connectivity index (χ1v) is 3.96. The van der Waals surface area contributed by atoms with Crippen LogP contribution in [0.2, 0.25) is 0 Å². The lowest BCUT2D eigenvalue weighted by molar-refractivity contribution is 0.107. The van der Waals surface area contributed by atoms with E-state index < -0.39 is 17.2 Å². The number of rotatable bonds is 3. The van der Waals surface area contributed by atoms with Crippen LogP contribution in [0.3, 0.4) is 0 Å². The van der Waals surface area contributed by atoms with E-state index in [9.17, 15) is 13.6 Å². The topological polar surface area (TPSA) is 39.2 Å². The highest BCUT2D eigenvalue weighted by Crippen LogP contribution is 2.28. The van der Waals surface area contributed by atoms with E-state index in [1.165, 1.54) is 7.11 Å². The molecule has 0 aliphatic heterocycles. The van der Waals surface area contributed by atoms with Gasteiger partial charge in [0, 0.05) is 0 Å². The molecule has 3 nitrogen and oxygen atoms in total. The Hall–Kier alpha value is -1.23. The number of carbonyl (C=O) groups excluding carboxylic acids is 1. The lowest BCUT2D eigenvalue weighted by Gasteiger charge is -2.07. The molecule has 0 unspecified atom stereocenters. The van der Waals surface area contributed by atoms with Gasteiger partial charge in [-0.25, -0.2) is 13.8 Å². The maximum absolute atomic E-state index is 12.4. The van der Waals surface area contributed by atoms with E-state index in [2.05, 4.69) is 9.72 Å². The standard InChI is InChI=1S/C8H6ClF2NO2/c1-14-6-3-12-5(7(9)13)2-4(6)8(10)11/h2-3,8H,1H3. The van der Waals surface area contributed by atoms with Gasteiger partial charge < -0.3 is 4.74 Å². The number of ether oxygens (including phenoxy) is 1. The summed E-state index contributed by atoms with van der Waals surface area (Å²) in [7, 11) is 1.24. The van der Waals surface area contributed by atoms with Crippen molar-refractivity contribution in [3.05, 3.63) is 23.5 Å². The van der Waals surface area contributed by atoms with Crippen LogP contribution in [0.25, 0.3) is 0 Å². The SMILES string of the molecule is COc1cnc(C(=O)Cl)cc1C(F)F. The van der Waals surface area contributed by atoms with Crippen LogP contribution in [0.1, 0.15) is 22.5 Å². The summed E-state index contributed by atoms with van der Waals surface area (Å²) in [6, 6.07) is 0.916. The Morgan fingerprint density at radius 2 is 2.29 bits per heavy atom. The van der Waals surface area contributed by atoms with E-state index in [1.54, 1.807) is 0 Å². The monoisotopic (exact) mass is 221 g/mol. The third kappa shape index (κ3) is 2.17. The highest BCUT2D eigenvalue weighted by molar-refractivity contribution is 6.67. The number of halogens is 3. The Kier molecular flexibility index (Phi) is 3.35. The molecule has 1 aromatic heterocycles. The fourth-order valence-corrected chi connectivity index (χ4v) is 1.01. The van der Waals surface area contributed by atoms with Gasteiger partial charge in [0.15, 0.2) is 0 Å². The highest BCUT2D eigenvalue weighted by Gasteiger charge is 2.17. The Morgan fingerprint density at radius 3 is 2.71 bits per heavy atom. The molecule has 76 valence electrons. The minimum absolute atomic E-state index is 0.0679. The van der Waals surface area contributed by atoms with Gasteiger partial charge in [0.25, 0.3) is 11.7 Å². The van der Waals surface area contributed by atoms with Crippen molar-refractivity contribution in [2.24, 2.45) is 0 Å². The van der Waals surface area contributed by atoms with Gasteiger partial charge in [-0.15, -0.1) is 0 Å². The molecule has 0 saturated heterocycles. The summed E-state index contributed by atoms with van der Waals surface area (Å²) in [6.07, 6.45) is -1.69. The predicted molar refractivity (Wildman–Crippen MR) is 45.9 cm³/mol. The number of hydrogen-bond donors (Lipinski definition) is 0. The molecule has 0 aliphatic carbocycles. The summed E-state index contributed by atoms with van der Waals surface area (Å²) in [5.41, 5.74) is -0.616. The Balaban J connectivity index is 3.20. The molecule has 0 N–H and O–H groups in total. The fraction of sp³-hybridized carbons (Fsp3) is 0.250. The van der Waals surface area contributed by atoms with Crippen LogP contribution in [-0.2, 0) is 0 Å². The molecule has 0 radical (unpaired) electrons. The van der Waals surface area contributed by atoms with Crippen LogP contribution in [0.15, 0.2) is 12.3 Å². The molecule has 0 aromatic carbocycles. The van der Waals surface area contributed by atoms with E-state index in [-0.39, 0.29) is 11.4 Å². The highest BCUT2D eigenvalue weighted by atomic mass is 35.5. The van der Waals surface area contributed by atoms with E-state index in [4.69, 9.17) is 11.6 Å². The van der Waals surface area contributed by atoms with Gasteiger partial charge in [-0.2, -0.15) is 0 Å². The molecule has 1 heterocycles. The van der Waals surface area contributed by atoms with Crippen molar-refractivity contribution in [3.63, 3.8) is 0 Å². The number of aromatic nitrogens is 1. The van der Waals surface area contributed by atoms with Crippen molar-refractivity contribution in [3.8, 4) is 5.75 Å². The van der Waals surface area contributed by atoms with E-state index in [0.717, 1.165) is 12.3 Å². The first-order chi connectivity index (χ1) is 6.56. The predicted octanol–water partition coefficient (Wildman–Crippen LogP) is 2.41. The Morgan fingerprint density at radius 1 is 1.64 bits per heavy atom. The Labute approximate surface area is 83.7 Å². The molecule has 0 amide bonds. The molecule has 0 atom stereocenters. The number of hydrogen-bond acceptors (Lipinski definition) is 3. The van der Waals surface area contributed by atoms with Crippen LogP contribution < -0.4 is 4.74 Å². The molecule has 0 aliphatic rings. The number of nitrogens with zero attached hydrogens (tertiary/aromatic N) is 1. The molecular formula is C8H6ClF2NO2. The van der Waals surface area contributed by atoms with Gasteiger partial charge >= 0.3 is 0 Å². The number of alkyl halides is 2. The quantitative estimate of drug-likeness (QED) is 0.736. The van der Waals surface area contributed by atoms with Crippen molar-refractivity contribution in [1.29, 1.82) is 0 Å². The van der Waals surface area contributed by atoms with Crippen LogP contribution in [0.4, 0.5) is 8.78 Å². The second kappa shape index (κ2) is 4.32. The molecule has 0 saturated carbocycles. The van der Waals surface area contributed by atoms with Crippen molar-refractivity contribution >= 4 is 16.8 Å². The van der Waals surface area contributed by atoms with Crippen molar-refractivity contribution in [1.82, 2.24) is 4.98 Å². The largest absolute Gasteiger partial charge is 0.495 e. The van der Waals surface area contributed by atoms with Gasteiger partial charge in [-0.3, -0.25) is 4.79 Å². The minimum Gasteiger partial charge on any atom is -0.495 e. The summed E-state index contributed by atoms with van der Waals surface area (Å²) >= 11 is 5.09. The van der Waals surface area contributed by atoms with Gasteiger partial charge in [-0.05, 0) is 17.7 Å². The smallest absolute Gasteiger partial charge is 0.270 e.